The van der Waals surface area contributed by atoms with Gasteiger partial charge in [0.2, 0.25) is 0 Å². The van der Waals surface area contributed by atoms with E-state index in [9.17, 15) is 9.59 Å². The van der Waals surface area contributed by atoms with E-state index in [-0.39, 0.29) is 24.3 Å². The number of para-hydroxylation sites is 1. The summed E-state index contributed by atoms with van der Waals surface area (Å²) in [6.07, 6.45) is 5.14. The third-order valence-corrected chi connectivity index (χ3v) is 5.68. The average molecular weight is 376 g/mol. The van der Waals surface area contributed by atoms with E-state index >= 15 is 0 Å². The molecule has 0 N–H and O–H groups in total. The van der Waals surface area contributed by atoms with E-state index in [0.717, 1.165) is 35.9 Å². The molecule has 1 aliphatic rings. The smallest absolute Gasteiger partial charge is 0.325 e. The summed E-state index contributed by atoms with van der Waals surface area (Å²) in [5, 5.41) is 0. The van der Waals surface area contributed by atoms with E-state index in [4.69, 9.17) is 9.47 Å². The molecule has 1 aromatic heterocycles. The lowest BCUT2D eigenvalue weighted by Gasteiger charge is -2.17. The van der Waals surface area contributed by atoms with Crippen LogP contribution in [-0.2, 0) is 20.9 Å². The van der Waals surface area contributed by atoms with Gasteiger partial charge in [0.15, 0.2) is 4.80 Å². The van der Waals surface area contributed by atoms with Crippen LogP contribution >= 0.6 is 11.3 Å². The molecule has 26 heavy (non-hydrogen) atoms. The largest absolute Gasteiger partial charge is 0.492 e. The highest BCUT2D eigenvalue weighted by molar-refractivity contribution is 7.16. The van der Waals surface area contributed by atoms with Crippen molar-refractivity contribution in [2.75, 3.05) is 13.7 Å². The molecule has 0 bridgehead atoms. The van der Waals surface area contributed by atoms with Crippen molar-refractivity contribution in [2.45, 2.75) is 45.6 Å². The normalized spacial score (nSPS) is 16.0. The quantitative estimate of drug-likeness (QED) is 0.751. The van der Waals surface area contributed by atoms with E-state index in [2.05, 4.69) is 4.99 Å². The first-order chi connectivity index (χ1) is 12.6. The monoisotopic (exact) mass is 376 g/mol. The topological polar surface area (TPSA) is 69.9 Å². The second-order valence-electron chi connectivity index (χ2n) is 6.37. The van der Waals surface area contributed by atoms with Crippen LogP contribution in [0.4, 0.5) is 0 Å². The summed E-state index contributed by atoms with van der Waals surface area (Å²) >= 11 is 1.40. The molecular formula is C19H24N2O4S. The van der Waals surface area contributed by atoms with Gasteiger partial charge in [0.1, 0.15) is 17.8 Å². The number of amides is 1. The minimum Gasteiger partial charge on any atom is -0.492 e. The zero-order chi connectivity index (χ0) is 18.5. The number of fused-ring (bicyclic) bond motifs is 1. The number of nitrogens with zero attached hydrogens (tertiary/aromatic N) is 2. The Morgan fingerprint density at radius 2 is 2.04 bits per heavy atom. The van der Waals surface area contributed by atoms with Gasteiger partial charge >= 0.3 is 5.97 Å². The molecule has 1 heterocycles. The number of carbonyl (C=O) groups is 2. The van der Waals surface area contributed by atoms with Gasteiger partial charge in [-0.05, 0) is 31.9 Å². The number of thiazole rings is 1. The Bertz CT molecular complexity index is 862. The third kappa shape index (κ3) is 3.98. The number of rotatable bonds is 5. The minimum atomic E-state index is -0.387. The van der Waals surface area contributed by atoms with Gasteiger partial charge in [0.05, 0.1) is 18.4 Å². The van der Waals surface area contributed by atoms with Crippen LogP contribution < -0.4 is 9.54 Å². The van der Waals surface area contributed by atoms with Crippen LogP contribution in [0.1, 0.15) is 39.0 Å². The SMILES string of the molecule is CCOc1cccc2sc(=NC(=O)C3CCCCC3)n(CC(=O)OC)c12. The molecule has 0 saturated heterocycles. The van der Waals surface area contributed by atoms with Crippen molar-refractivity contribution in [1.82, 2.24) is 4.57 Å². The molecule has 0 aliphatic heterocycles. The molecule has 0 atom stereocenters. The predicted molar refractivity (Wildman–Crippen MR) is 100 cm³/mol. The van der Waals surface area contributed by atoms with Crippen LogP contribution in [0.25, 0.3) is 10.2 Å². The zero-order valence-corrected chi connectivity index (χ0v) is 16.0. The summed E-state index contributed by atoms with van der Waals surface area (Å²) in [5.74, 6) is 0.194. The Hall–Kier alpha value is -2.15. The van der Waals surface area contributed by atoms with Crippen LogP contribution in [0.15, 0.2) is 23.2 Å². The Labute approximate surface area is 156 Å². The molecule has 1 amide bonds. The van der Waals surface area contributed by atoms with Crippen molar-refractivity contribution >= 4 is 33.4 Å². The Morgan fingerprint density at radius 3 is 2.73 bits per heavy atom. The van der Waals surface area contributed by atoms with Crippen LogP contribution in [-0.4, -0.2) is 30.2 Å². The summed E-state index contributed by atoms with van der Waals surface area (Å²) in [4.78, 5) is 29.5. The molecule has 1 fully saturated rings. The Balaban J connectivity index is 2.09. The first-order valence-corrected chi connectivity index (χ1v) is 9.86. The molecule has 1 saturated carbocycles. The van der Waals surface area contributed by atoms with Gasteiger partial charge in [-0.3, -0.25) is 9.59 Å². The molecule has 2 aromatic rings. The maximum atomic E-state index is 12.6. The Kier molecular flexibility index (Phi) is 6.08. The van der Waals surface area contributed by atoms with Gasteiger partial charge in [-0.25, -0.2) is 0 Å². The number of hydrogen-bond acceptors (Lipinski definition) is 5. The van der Waals surface area contributed by atoms with Gasteiger partial charge in [-0.2, -0.15) is 4.99 Å². The number of ether oxygens (including phenoxy) is 2. The highest BCUT2D eigenvalue weighted by Gasteiger charge is 2.22. The van der Waals surface area contributed by atoms with E-state index in [0.29, 0.717) is 17.2 Å². The van der Waals surface area contributed by atoms with Crippen molar-refractivity contribution in [3.8, 4) is 5.75 Å². The molecular weight excluding hydrogens is 352 g/mol. The molecule has 6 nitrogen and oxygen atoms in total. The number of methoxy groups -OCH3 is 1. The fraction of sp³-hybridized carbons (Fsp3) is 0.526. The fourth-order valence-electron chi connectivity index (χ4n) is 3.33. The van der Waals surface area contributed by atoms with Crippen LogP contribution in [0.5, 0.6) is 5.75 Å². The lowest BCUT2D eigenvalue weighted by molar-refractivity contribution is -0.141. The summed E-state index contributed by atoms with van der Waals surface area (Å²) in [6, 6.07) is 5.71. The highest BCUT2D eigenvalue weighted by atomic mass is 32.1. The third-order valence-electron chi connectivity index (χ3n) is 4.64. The van der Waals surface area contributed by atoms with Crippen LogP contribution in [0.3, 0.4) is 0 Å². The molecule has 3 rings (SSSR count). The second kappa shape index (κ2) is 8.49. The summed E-state index contributed by atoms with van der Waals surface area (Å²) < 4.78 is 13.2. The van der Waals surface area contributed by atoms with Gasteiger partial charge < -0.3 is 14.0 Å². The number of benzene rings is 1. The van der Waals surface area contributed by atoms with Gasteiger partial charge in [0.25, 0.3) is 5.91 Å². The lowest BCUT2D eigenvalue weighted by atomic mass is 9.89. The number of aromatic nitrogens is 1. The van der Waals surface area contributed by atoms with E-state index in [1.807, 2.05) is 25.1 Å². The standard InChI is InChI=1S/C19H24N2O4S/c1-3-25-14-10-7-11-15-17(14)21(12-16(22)24-2)19(26-15)20-18(23)13-8-5-4-6-9-13/h7,10-11,13H,3-6,8-9,12H2,1-2H3. The van der Waals surface area contributed by atoms with Gasteiger partial charge in [-0.1, -0.05) is 36.7 Å². The zero-order valence-electron chi connectivity index (χ0n) is 15.2. The first kappa shape index (κ1) is 18.6. The van der Waals surface area contributed by atoms with Crippen LogP contribution in [0, 0.1) is 5.92 Å². The molecule has 1 aliphatic carbocycles. The molecule has 140 valence electrons. The number of carbonyl (C=O) groups excluding carboxylic acids is 2. The maximum Gasteiger partial charge on any atom is 0.325 e. The average Bonchev–Trinajstić information content (AvgIpc) is 3.00. The number of esters is 1. The fourth-order valence-corrected chi connectivity index (χ4v) is 4.38. The highest BCUT2D eigenvalue weighted by Crippen LogP contribution is 2.28. The van der Waals surface area contributed by atoms with Gasteiger partial charge in [0, 0.05) is 5.92 Å². The molecule has 1 aromatic carbocycles. The molecule has 0 unspecified atom stereocenters. The van der Waals surface area contributed by atoms with Crippen molar-refractivity contribution in [1.29, 1.82) is 0 Å². The van der Waals surface area contributed by atoms with Crippen molar-refractivity contribution in [3.05, 3.63) is 23.0 Å². The van der Waals surface area contributed by atoms with Crippen LogP contribution in [0.2, 0.25) is 0 Å². The second-order valence-corrected chi connectivity index (χ2v) is 7.38. The Morgan fingerprint density at radius 1 is 1.27 bits per heavy atom. The van der Waals surface area contributed by atoms with E-state index in [1.165, 1.54) is 24.9 Å². The number of hydrogen-bond donors (Lipinski definition) is 0. The van der Waals surface area contributed by atoms with E-state index < -0.39 is 0 Å². The van der Waals surface area contributed by atoms with Crippen molar-refractivity contribution < 1.29 is 19.1 Å². The minimum absolute atomic E-state index is 0.00261. The van der Waals surface area contributed by atoms with Crippen molar-refractivity contribution in [2.24, 2.45) is 10.9 Å². The maximum absolute atomic E-state index is 12.6. The molecule has 7 heteroatoms. The van der Waals surface area contributed by atoms with E-state index in [1.54, 1.807) is 4.57 Å². The predicted octanol–water partition coefficient (Wildman–Crippen LogP) is 3.28. The van der Waals surface area contributed by atoms with Gasteiger partial charge in [-0.15, -0.1) is 0 Å². The lowest BCUT2D eigenvalue weighted by Crippen LogP contribution is -2.25. The molecule has 0 radical (unpaired) electrons. The summed E-state index contributed by atoms with van der Waals surface area (Å²) in [5.41, 5.74) is 0.778. The molecule has 0 spiro atoms. The van der Waals surface area contributed by atoms with Crippen molar-refractivity contribution in [3.63, 3.8) is 0 Å². The summed E-state index contributed by atoms with van der Waals surface area (Å²) in [6.45, 7) is 2.42. The summed E-state index contributed by atoms with van der Waals surface area (Å²) in [7, 11) is 1.35. The first-order valence-electron chi connectivity index (χ1n) is 9.04.